The molecule has 0 atom stereocenters. The topological polar surface area (TPSA) is 52.0 Å². The van der Waals surface area contributed by atoms with Crippen molar-refractivity contribution in [3.63, 3.8) is 0 Å². The van der Waals surface area contributed by atoms with Crippen LogP contribution in [0, 0.1) is 0 Å². The van der Waals surface area contributed by atoms with Gasteiger partial charge in [0.1, 0.15) is 18.8 Å². The zero-order valence-electron chi connectivity index (χ0n) is 13.0. The van der Waals surface area contributed by atoms with E-state index in [4.69, 9.17) is 9.47 Å². The molecule has 1 saturated heterocycles. The fourth-order valence-corrected chi connectivity index (χ4v) is 3.13. The molecule has 120 valence electrons. The van der Waals surface area contributed by atoms with Crippen molar-refractivity contribution in [1.29, 1.82) is 0 Å². The highest BCUT2D eigenvalue weighted by molar-refractivity contribution is 5.77. The zero-order chi connectivity index (χ0) is 15.2. The fourth-order valence-electron chi connectivity index (χ4n) is 3.13. The van der Waals surface area contributed by atoms with E-state index in [-0.39, 0.29) is 12.5 Å². The maximum Gasteiger partial charge on any atom is 0.258 e. The molecule has 1 heterocycles. The van der Waals surface area contributed by atoms with Gasteiger partial charge in [0.2, 0.25) is 0 Å². The van der Waals surface area contributed by atoms with Crippen molar-refractivity contribution in [3.05, 3.63) is 29.3 Å². The predicted molar refractivity (Wildman–Crippen MR) is 83.4 cm³/mol. The number of benzene rings is 1. The number of nitrogens with one attached hydrogen (secondary N) is 2. The molecule has 0 aromatic heterocycles. The molecular weight excluding hydrogens is 280 g/mol. The van der Waals surface area contributed by atoms with Crippen molar-refractivity contribution in [2.24, 2.45) is 0 Å². The Kier molecular flexibility index (Phi) is 5.29. The number of fused-ring (bicyclic) bond motifs is 1. The lowest BCUT2D eigenvalue weighted by Crippen LogP contribution is -3.14. The summed E-state index contributed by atoms with van der Waals surface area (Å²) in [6.07, 6.45) is 3.52. The summed E-state index contributed by atoms with van der Waals surface area (Å²) in [6, 6.07) is 6.17. The fraction of sp³-hybridized carbons (Fsp3) is 0.588. The molecule has 1 aliphatic carbocycles. The molecule has 1 aliphatic heterocycles. The number of hydrogen-bond acceptors (Lipinski definition) is 3. The van der Waals surface area contributed by atoms with Gasteiger partial charge in [-0.25, -0.2) is 0 Å². The number of morpholine rings is 1. The zero-order valence-corrected chi connectivity index (χ0v) is 13.0. The van der Waals surface area contributed by atoms with E-state index in [1.54, 1.807) is 0 Å². The van der Waals surface area contributed by atoms with Gasteiger partial charge in [-0.1, -0.05) is 6.07 Å². The van der Waals surface area contributed by atoms with Crippen molar-refractivity contribution in [2.45, 2.75) is 19.3 Å². The first-order valence-electron chi connectivity index (χ1n) is 8.24. The van der Waals surface area contributed by atoms with E-state index in [0.29, 0.717) is 6.54 Å². The van der Waals surface area contributed by atoms with Crippen LogP contribution in [-0.2, 0) is 22.4 Å². The maximum atomic E-state index is 11.8. The first-order chi connectivity index (χ1) is 10.8. The van der Waals surface area contributed by atoms with Gasteiger partial charge in [0.25, 0.3) is 5.91 Å². The molecule has 1 amide bonds. The van der Waals surface area contributed by atoms with Crippen LogP contribution in [0.3, 0.4) is 0 Å². The number of rotatable bonds is 6. The number of aryl methyl sites for hydroxylation is 2. The number of hydrogen-bond donors (Lipinski definition) is 2. The Morgan fingerprint density at radius 1 is 1.23 bits per heavy atom. The molecule has 0 radical (unpaired) electrons. The summed E-state index contributed by atoms with van der Waals surface area (Å²) in [4.78, 5) is 13.3. The lowest BCUT2D eigenvalue weighted by Gasteiger charge is -2.23. The van der Waals surface area contributed by atoms with Crippen LogP contribution in [0.2, 0.25) is 0 Å². The van der Waals surface area contributed by atoms with Crippen LogP contribution in [0.25, 0.3) is 0 Å². The van der Waals surface area contributed by atoms with Crippen molar-refractivity contribution < 1.29 is 19.2 Å². The minimum Gasteiger partial charge on any atom is -0.484 e. The Morgan fingerprint density at radius 3 is 2.91 bits per heavy atom. The molecule has 3 rings (SSSR count). The van der Waals surface area contributed by atoms with E-state index in [0.717, 1.165) is 45.0 Å². The lowest BCUT2D eigenvalue weighted by atomic mass is 10.1. The molecule has 1 aromatic rings. The summed E-state index contributed by atoms with van der Waals surface area (Å²) in [5.74, 6) is 0.753. The van der Waals surface area contributed by atoms with Gasteiger partial charge in [0.15, 0.2) is 6.61 Å². The highest BCUT2D eigenvalue weighted by Gasteiger charge is 2.14. The SMILES string of the molecule is O=C(COc1ccc2c(c1)CCC2)NCC[NH+]1CCOCC1. The molecule has 0 spiro atoms. The van der Waals surface area contributed by atoms with Gasteiger partial charge in [-0.05, 0) is 42.5 Å². The molecule has 0 bridgehead atoms. The van der Waals surface area contributed by atoms with Crippen LogP contribution in [-0.4, -0.2) is 51.9 Å². The smallest absolute Gasteiger partial charge is 0.258 e. The van der Waals surface area contributed by atoms with Gasteiger partial charge in [-0.2, -0.15) is 0 Å². The van der Waals surface area contributed by atoms with E-state index in [2.05, 4.69) is 17.4 Å². The first-order valence-corrected chi connectivity index (χ1v) is 8.24. The first kappa shape index (κ1) is 15.3. The summed E-state index contributed by atoms with van der Waals surface area (Å²) >= 11 is 0. The normalized spacial score (nSPS) is 18.0. The van der Waals surface area contributed by atoms with Gasteiger partial charge in [0.05, 0.1) is 26.3 Å². The third kappa shape index (κ3) is 4.21. The van der Waals surface area contributed by atoms with Gasteiger partial charge in [-0.3, -0.25) is 4.79 Å². The van der Waals surface area contributed by atoms with Crippen LogP contribution in [0.1, 0.15) is 17.5 Å². The van der Waals surface area contributed by atoms with Crippen molar-refractivity contribution in [3.8, 4) is 5.75 Å². The molecule has 1 fully saturated rings. The molecule has 0 unspecified atom stereocenters. The second-order valence-electron chi connectivity index (χ2n) is 6.04. The molecule has 5 nitrogen and oxygen atoms in total. The van der Waals surface area contributed by atoms with Crippen LogP contribution >= 0.6 is 0 Å². The number of quaternary nitrogens is 1. The molecule has 0 saturated carbocycles. The van der Waals surface area contributed by atoms with E-state index < -0.39 is 0 Å². The van der Waals surface area contributed by atoms with E-state index in [9.17, 15) is 4.79 Å². The van der Waals surface area contributed by atoms with E-state index in [1.165, 1.54) is 28.9 Å². The largest absolute Gasteiger partial charge is 0.484 e. The Morgan fingerprint density at radius 2 is 2.05 bits per heavy atom. The predicted octanol–water partition coefficient (Wildman–Crippen LogP) is -0.415. The van der Waals surface area contributed by atoms with Gasteiger partial charge in [0, 0.05) is 0 Å². The second-order valence-corrected chi connectivity index (χ2v) is 6.04. The summed E-state index contributed by atoms with van der Waals surface area (Å²) in [5.41, 5.74) is 2.79. The molecule has 22 heavy (non-hydrogen) atoms. The average molecular weight is 305 g/mol. The minimum atomic E-state index is -0.0480. The quantitative estimate of drug-likeness (QED) is 0.751. The van der Waals surface area contributed by atoms with Crippen LogP contribution in [0.4, 0.5) is 0 Å². The summed E-state index contributed by atoms with van der Waals surface area (Å²) < 4.78 is 10.9. The molecule has 2 aliphatic rings. The lowest BCUT2D eigenvalue weighted by molar-refractivity contribution is -0.906. The van der Waals surface area contributed by atoms with Crippen LogP contribution in [0.15, 0.2) is 18.2 Å². The highest BCUT2D eigenvalue weighted by atomic mass is 16.5. The second kappa shape index (κ2) is 7.61. The van der Waals surface area contributed by atoms with Crippen molar-refractivity contribution >= 4 is 5.91 Å². The van der Waals surface area contributed by atoms with Crippen molar-refractivity contribution in [1.82, 2.24) is 5.32 Å². The standard InChI is InChI=1S/C17H24N2O3/c20-17(18-6-7-19-8-10-21-11-9-19)13-22-16-5-4-14-2-1-3-15(14)12-16/h4-5,12H,1-3,6-11,13H2,(H,18,20)/p+1. The number of carbonyl (C=O) groups excluding carboxylic acids is 1. The van der Waals surface area contributed by atoms with Gasteiger partial charge < -0.3 is 19.7 Å². The number of amides is 1. The van der Waals surface area contributed by atoms with Crippen LogP contribution < -0.4 is 15.0 Å². The van der Waals surface area contributed by atoms with E-state index >= 15 is 0 Å². The number of carbonyl (C=O) groups is 1. The monoisotopic (exact) mass is 305 g/mol. The Hall–Kier alpha value is -1.59. The highest BCUT2D eigenvalue weighted by Crippen LogP contribution is 2.25. The van der Waals surface area contributed by atoms with E-state index in [1.807, 2.05) is 6.07 Å². The molecular formula is C17H25N2O3+. The number of ether oxygens (including phenoxy) is 2. The third-order valence-corrected chi connectivity index (χ3v) is 4.44. The van der Waals surface area contributed by atoms with Gasteiger partial charge >= 0.3 is 0 Å². The summed E-state index contributed by atoms with van der Waals surface area (Å²) in [7, 11) is 0. The molecule has 2 N–H and O–H groups in total. The Balaban J connectivity index is 1.35. The third-order valence-electron chi connectivity index (χ3n) is 4.44. The average Bonchev–Trinajstić information content (AvgIpc) is 3.01. The Bertz CT molecular complexity index is 513. The summed E-state index contributed by atoms with van der Waals surface area (Å²) in [6.45, 7) is 5.45. The Labute approximate surface area is 131 Å². The van der Waals surface area contributed by atoms with Gasteiger partial charge in [-0.15, -0.1) is 0 Å². The minimum absolute atomic E-state index is 0.0480. The maximum absolute atomic E-state index is 11.8. The summed E-state index contributed by atoms with van der Waals surface area (Å²) in [5, 5.41) is 2.93. The molecule has 5 heteroatoms. The molecule has 1 aromatic carbocycles. The van der Waals surface area contributed by atoms with Crippen LogP contribution in [0.5, 0.6) is 5.75 Å². The van der Waals surface area contributed by atoms with Crippen molar-refractivity contribution in [2.75, 3.05) is 46.0 Å².